The average molecular weight is 439 g/mol. The van der Waals surface area contributed by atoms with Gasteiger partial charge in [0.2, 0.25) is 5.91 Å². The van der Waals surface area contributed by atoms with Crippen LogP contribution in [-0.4, -0.2) is 30.3 Å². The lowest BCUT2D eigenvalue weighted by molar-refractivity contribution is -0.120. The number of carbonyl (C=O) groups excluding carboxylic acids is 2. The molecule has 2 N–H and O–H groups in total. The van der Waals surface area contributed by atoms with E-state index in [9.17, 15) is 9.59 Å². The monoisotopic (exact) mass is 438 g/mol. The lowest BCUT2D eigenvalue weighted by Gasteiger charge is -2.25. The predicted molar refractivity (Wildman–Crippen MR) is 128 cm³/mol. The summed E-state index contributed by atoms with van der Waals surface area (Å²) in [6.45, 7) is 2.26. The van der Waals surface area contributed by atoms with E-state index in [4.69, 9.17) is 5.26 Å². The first-order chi connectivity index (χ1) is 16.0. The third-order valence-electron chi connectivity index (χ3n) is 5.77. The zero-order valence-corrected chi connectivity index (χ0v) is 18.6. The van der Waals surface area contributed by atoms with Crippen LogP contribution in [0.4, 0.5) is 5.69 Å². The number of anilines is 1. The molecule has 6 nitrogen and oxygen atoms in total. The molecule has 3 aromatic carbocycles. The van der Waals surface area contributed by atoms with Gasteiger partial charge < -0.3 is 15.5 Å². The van der Waals surface area contributed by atoms with Gasteiger partial charge in [0.1, 0.15) is 0 Å². The van der Waals surface area contributed by atoms with Crippen molar-refractivity contribution in [2.45, 2.75) is 25.9 Å². The molecule has 0 bridgehead atoms. The molecule has 0 atom stereocenters. The van der Waals surface area contributed by atoms with Crippen molar-refractivity contribution >= 4 is 17.5 Å². The quantitative estimate of drug-likeness (QED) is 0.615. The van der Waals surface area contributed by atoms with Crippen molar-refractivity contribution < 1.29 is 9.59 Å². The van der Waals surface area contributed by atoms with Crippen LogP contribution in [0.2, 0.25) is 0 Å². The van der Waals surface area contributed by atoms with Gasteiger partial charge in [0.15, 0.2) is 0 Å². The highest BCUT2D eigenvalue weighted by atomic mass is 16.2. The van der Waals surface area contributed by atoms with Crippen LogP contribution in [0.25, 0.3) is 0 Å². The van der Waals surface area contributed by atoms with E-state index in [1.807, 2.05) is 30.3 Å². The lowest BCUT2D eigenvalue weighted by Crippen LogP contribution is -2.26. The van der Waals surface area contributed by atoms with Gasteiger partial charge in [0.25, 0.3) is 5.91 Å². The molecule has 0 saturated heterocycles. The van der Waals surface area contributed by atoms with Gasteiger partial charge in [-0.15, -0.1) is 0 Å². The summed E-state index contributed by atoms with van der Waals surface area (Å²) in [4.78, 5) is 27.4. The van der Waals surface area contributed by atoms with Crippen molar-refractivity contribution in [3.8, 4) is 6.07 Å². The Morgan fingerprint density at radius 1 is 1.00 bits per heavy atom. The number of nitrogens with one attached hydrogen (secondary N) is 2. The van der Waals surface area contributed by atoms with Gasteiger partial charge in [-0.05, 0) is 72.1 Å². The molecule has 1 heterocycles. The number of hydrogen-bond donors (Lipinski definition) is 2. The summed E-state index contributed by atoms with van der Waals surface area (Å²) >= 11 is 0. The zero-order valence-electron chi connectivity index (χ0n) is 18.6. The Morgan fingerprint density at radius 2 is 1.82 bits per heavy atom. The van der Waals surface area contributed by atoms with E-state index in [1.54, 1.807) is 30.3 Å². The second-order valence-corrected chi connectivity index (χ2v) is 8.39. The van der Waals surface area contributed by atoms with Crippen LogP contribution in [0.5, 0.6) is 0 Å². The number of nitrogens with zero attached hydrogens (tertiary/aromatic N) is 2. The molecule has 0 fully saturated rings. The maximum atomic E-state index is 12.8. The summed E-state index contributed by atoms with van der Waals surface area (Å²) in [5, 5.41) is 14.9. The normalized spacial score (nSPS) is 13.0. The summed E-state index contributed by atoms with van der Waals surface area (Å²) < 4.78 is 0. The maximum Gasteiger partial charge on any atom is 0.255 e. The van der Waals surface area contributed by atoms with Crippen molar-refractivity contribution in [3.05, 3.63) is 100 Å². The smallest absolute Gasteiger partial charge is 0.255 e. The SMILES string of the molecule is CN1CCc2ccc(NC(=O)c3cccc(CNC(=O)Cc4cccc(C#N)c4)c3)cc2C1. The van der Waals surface area contributed by atoms with E-state index in [1.165, 1.54) is 11.1 Å². The molecule has 3 aromatic rings. The van der Waals surface area contributed by atoms with Gasteiger partial charge in [0, 0.05) is 30.9 Å². The highest BCUT2D eigenvalue weighted by Crippen LogP contribution is 2.22. The topological polar surface area (TPSA) is 85.2 Å². The molecule has 166 valence electrons. The van der Waals surface area contributed by atoms with Crippen LogP contribution in [0.3, 0.4) is 0 Å². The minimum atomic E-state index is -0.180. The fourth-order valence-electron chi connectivity index (χ4n) is 4.00. The lowest BCUT2D eigenvalue weighted by atomic mass is 9.99. The first kappa shape index (κ1) is 22.3. The van der Waals surface area contributed by atoms with Crippen LogP contribution in [0.1, 0.15) is 38.2 Å². The number of rotatable bonds is 6. The Bertz CT molecular complexity index is 1230. The number of hydrogen-bond acceptors (Lipinski definition) is 4. The van der Waals surface area contributed by atoms with Crippen molar-refractivity contribution in [3.63, 3.8) is 0 Å². The molecule has 0 unspecified atom stereocenters. The van der Waals surface area contributed by atoms with E-state index < -0.39 is 0 Å². The standard InChI is InChI=1S/C27H26N4O2/c1-31-11-10-22-8-9-25(15-24(22)18-31)30-27(33)23-7-3-6-21(13-23)17-29-26(32)14-19-4-2-5-20(12-19)16-28/h2-9,12-13,15H,10-11,14,17-18H2,1H3,(H,29,32)(H,30,33). The van der Waals surface area contributed by atoms with E-state index in [2.05, 4.69) is 34.7 Å². The molecular formula is C27H26N4O2. The van der Waals surface area contributed by atoms with E-state index in [-0.39, 0.29) is 18.2 Å². The van der Waals surface area contributed by atoms with Crippen LogP contribution < -0.4 is 10.6 Å². The molecule has 6 heteroatoms. The van der Waals surface area contributed by atoms with Gasteiger partial charge in [-0.25, -0.2) is 0 Å². The summed E-state index contributed by atoms with van der Waals surface area (Å²) in [5.41, 5.74) is 6.07. The molecule has 0 aliphatic carbocycles. The molecule has 0 spiro atoms. The predicted octanol–water partition coefficient (Wildman–Crippen LogP) is 3.66. The maximum absolute atomic E-state index is 12.8. The highest BCUT2D eigenvalue weighted by molar-refractivity contribution is 6.04. The van der Waals surface area contributed by atoms with Gasteiger partial charge >= 0.3 is 0 Å². The van der Waals surface area contributed by atoms with E-state index in [0.717, 1.165) is 36.3 Å². The van der Waals surface area contributed by atoms with Gasteiger partial charge in [0.05, 0.1) is 18.1 Å². The van der Waals surface area contributed by atoms with Gasteiger partial charge in [-0.2, -0.15) is 5.26 Å². The van der Waals surface area contributed by atoms with Crippen molar-refractivity contribution in [1.29, 1.82) is 5.26 Å². The molecule has 0 radical (unpaired) electrons. The Balaban J connectivity index is 1.35. The Kier molecular flexibility index (Phi) is 6.82. The van der Waals surface area contributed by atoms with Crippen LogP contribution in [0.15, 0.2) is 66.7 Å². The zero-order chi connectivity index (χ0) is 23.2. The van der Waals surface area contributed by atoms with Crippen LogP contribution in [0, 0.1) is 11.3 Å². The molecular weight excluding hydrogens is 412 g/mol. The third kappa shape index (κ3) is 5.85. The number of carbonyl (C=O) groups is 2. The fourth-order valence-corrected chi connectivity index (χ4v) is 4.00. The summed E-state index contributed by atoms with van der Waals surface area (Å²) in [6, 6.07) is 22.4. The van der Waals surface area contributed by atoms with Crippen LogP contribution >= 0.6 is 0 Å². The number of nitriles is 1. The molecule has 1 aliphatic heterocycles. The Labute approximate surface area is 193 Å². The molecule has 4 rings (SSSR count). The number of amides is 2. The fraction of sp³-hybridized carbons (Fsp3) is 0.222. The van der Waals surface area contributed by atoms with Crippen molar-refractivity contribution in [1.82, 2.24) is 10.2 Å². The van der Waals surface area contributed by atoms with Crippen LogP contribution in [-0.2, 0) is 30.7 Å². The Hall–Kier alpha value is -3.95. The minimum absolute atomic E-state index is 0.140. The van der Waals surface area contributed by atoms with Gasteiger partial charge in [-0.3, -0.25) is 9.59 Å². The summed E-state index contributed by atoms with van der Waals surface area (Å²) in [5.74, 6) is -0.320. The van der Waals surface area contributed by atoms with E-state index in [0.29, 0.717) is 17.7 Å². The minimum Gasteiger partial charge on any atom is -0.352 e. The molecule has 2 amide bonds. The molecule has 0 saturated carbocycles. The van der Waals surface area contributed by atoms with Gasteiger partial charge in [-0.1, -0.05) is 30.3 Å². The molecule has 33 heavy (non-hydrogen) atoms. The molecule has 0 aromatic heterocycles. The largest absolute Gasteiger partial charge is 0.352 e. The summed E-state index contributed by atoms with van der Waals surface area (Å²) in [7, 11) is 2.10. The molecule has 1 aliphatic rings. The summed E-state index contributed by atoms with van der Waals surface area (Å²) in [6.07, 6.45) is 1.22. The second kappa shape index (κ2) is 10.1. The number of benzene rings is 3. The van der Waals surface area contributed by atoms with Crippen molar-refractivity contribution in [2.75, 3.05) is 18.9 Å². The number of likely N-dealkylation sites (N-methyl/N-ethyl adjacent to an activating group) is 1. The first-order valence-electron chi connectivity index (χ1n) is 11.0. The third-order valence-corrected chi connectivity index (χ3v) is 5.77. The number of fused-ring (bicyclic) bond motifs is 1. The van der Waals surface area contributed by atoms with E-state index >= 15 is 0 Å². The average Bonchev–Trinajstić information content (AvgIpc) is 2.83. The second-order valence-electron chi connectivity index (χ2n) is 8.39. The van der Waals surface area contributed by atoms with Crippen molar-refractivity contribution in [2.24, 2.45) is 0 Å². The Morgan fingerprint density at radius 3 is 2.67 bits per heavy atom. The first-order valence-corrected chi connectivity index (χ1v) is 11.0. The highest BCUT2D eigenvalue weighted by Gasteiger charge is 2.14.